The van der Waals surface area contributed by atoms with Gasteiger partial charge in [-0.3, -0.25) is 0 Å². The molecule has 5 fully saturated rings. The van der Waals surface area contributed by atoms with Crippen LogP contribution in [-0.4, -0.2) is 29.6 Å². The van der Waals surface area contributed by atoms with E-state index in [1.165, 1.54) is 32.1 Å². The van der Waals surface area contributed by atoms with Gasteiger partial charge in [0.1, 0.15) is 0 Å². The molecule has 1 N–H and O–H groups in total. The quantitative estimate of drug-likeness (QED) is 0.815. The predicted molar refractivity (Wildman–Crippen MR) is 74.7 cm³/mol. The average Bonchev–Trinajstić information content (AvgIpc) is 2.70. The molecule has 3 nitrogen and oxygen atoms in total. The van der Waals surface area contributed by atoms with E-state index in [0.717, 1.165) is 30.2 Å². The molecular formula is C16H26N2O. The van der Waals surface area contributed by atoms with E-state index in [-0.39, 0.29) is 6.03 Å². The number of rotatable bonds is 2. The van der Waals surface area contributed by atoms with Gasteiger partial charge in [-0.1, -0.05) is 13.8 Å². The Labute approximate surface area is 116 Å². The SMILES string of the molecule is CC(C)[C@H]1CN(C2C3CC4CC(C3)CC2C4)C(=O)N1. The van der Waals surface area contributed by atoms with Gasteiger partial charge in [-0.2, -0.15) is 0 Å². The van der Waals surface area contributed by atoms with Gasteiger partial charge < -0.3 is 10.2 Å². The van der Waals surface area contributed by atoms with Crippen molar-refractivity contribution in [1.82, 2.24) is 10.2 Å². The van der Waals surface area contributed by atoms with Crippen LogP contribution < -0.4 is 5.32 Å². The monoisotopic (exact) mass is 262 g/mol. The molecule has 19 heavy (non-hydrogen) atoms. The molecular weight excluding hydrogens is 236 g/mol. The van der Waals surface area contributed by atoms with E-state index in [0.29, 0.717) is 18.0 Å². The van der Waals surface area contributed by atoms with Crippen molar-refractivity contribution in [2.75, 3.05) is 6.54 Å². The minimum absolute atomic E-state index is 0.219. The number of urea groups is 1. The first-order valence-electron chi connectivity index (χ1n) is 8.19. The Kier molecular flexibility index (Phi) is 2.62. The maximum Gasteiger partial charge on any atom is 0.318 e. The summed E-state index contributed by atoms with van der Waals surface area (Å²) in [5.74, 6) is 4.15. The Morgan fingerprint density at radius 1 is 1.05 bits per heavy atom. The molecule has 0 aromatic rings. The first kappa shape index (κ1) is 12.0. The number of amides is 2. The molecule has 0 aromatic heterocycles. The van der Waals surface area contributed by atoms with E-state index >= 15 is 0 Å². The molecule has 106 valence electrons. The van der Waals surface area contributed by atoms with Crippen LogP contribution in [0.4, 0.5) is 4.79 Å². The third kappa shape index (κ3) is 1.80. The van der Waals surface area contributed by atoms with Crippen LogP contribution >= 0.6 is 0 Å². The van der Waals surface area contributed by atoms with E-state index in [2.05, 4.69) is 24.1 Å². The molecule has 0 spiro atoms. The van der Waals surface area contributed by atoms with E-state index in [1.807, 2.05) is 0 Å². The zero-order valence-corrected chi connectivity index (χ0v) is 12.1. The highest BCUT2D eigenvalue weighted by Gasteiger charge is 2.52. The number of nitrogens with zero attached hydrogens (tertiary/aromatic N) is 1. The summed E-state index contributed by atoms with van der Waals surface area (Å²) in [6.07, 6.45) is 7.07. The van der Waals surface area contributed by atoms with Gasteiger partial charge in [0.15, 0.2) is 0 Å². The smallest absolute Gasteiger partial charge is 0.318 e. The zero-order chi connectivity index (χ0) is 13.1. The second-order valence-corrected chi connectivity index (χ2v) is 7.87. The van der Waals surface area contributed by atoms with Crippen LogP contribution in [0.15, 0.2) is 0 Å². The van der Waals surface area contributed by atoms with E-state index < -0.39 is 0 Å². The summed E-state index contributed by atoms with van der Waals surface area (Å²) < 4.78 is 0. The fraction of sp³-hybridized carbons (Fsp3) is 0.938. The third-order valence-corrected chi connectivity index (χ3v) is 6.30. The minimum atomic E-state index is 0.219. The maximum atomic E-state index is 12.3. The summed E-state index contributed by atoms with van der Waals surface area (Å²) in [6, 6.07) is 1.15. The molecule has 4 saturated carbocycles. The Morgan fingerprint density at radius 3 is 2.11 bits per heavy atom. The van der Waals surface area contributed by atoms with Crippen molar-refractivity contribution in [2.45, 2.75) is 58.0 Å². The van der Waals surface area contributed by atoms with Crippen molar-refractivity contribution in [1.29, 1.82) is 0 Å². The summed E-state index contributed by atoms with van der Waals surface area (Å²) in [4.78, 5) is 14.5. The molecule has 0 radical (unpaired) electrons. The molecule has 1 atom stereocenters. The van der Waals surface area contributed by atoms with Crippen LogP contribution in [0.3, 0.4) is 0 Å². The second-order valence-electron chi connectivity index (χ2n) is 7.87. The Morgan fingerprint density at radius 2 is 1.63 bits per heavy atom. The van der Waals surface area contributed by atoms with Crippen LogP contribution in [0.2, 0.25) is 0 Å². The standard InChI is InChI=1S/C16H26N2O/c1-9(2)14-8-18(16(19)17-14)15-12-4-10-3-11(6-12)7-13(15)5-10/h9-15H,3-8H2,1-2H3,(H,17,19)/t10?,11?,12?,13?,14-,15?/m1/s1. The number of carbonyl (C=O) groups is 1. The molecule has 1 aliphatic heterocycles. The Hall–Kier alpha value is -0.730. The van der Waals surface area contributed by atoms with E-state index in [1.54, 1.807) is 0 Å². The Balaban J connectivity index is 1.55. The van der Waals surface area contributed by atoms with Crippen LogP contribution in [0.5, 0.6) is 0 Å². The lowest BCUT2D eigenvalue weighted by molar-refractivity contribution is -0.0473. The molecule has 4 aliphatic carbocycles. The summed E-state index contributed by atoms with van der Waals surface area (Å²) in [5, 5.41) is 3.20. The average molecular weight is 262 g/mol. The fourth-order valence-electron chi connectivity index (χ4n) is 5.62. The van der Waals surface area contributed by atoms with Gasteiger partial charge in [0, 0.05) is 12.6 Å². The van der Waals surface area contributed by atoms with E-state index in [9.17, 15) is 4.79 Å². The van der Waals surface area contributed by atoms with Gasteiger partial charge in [0.05, 0.1) is 6.04 Å². The molecule has 5 rings (SSSR count). The summed E-state index contributed by atoms with van der Waals surface area (Å²) >= 11 is 0. The van der Waals surface area contributed by atoms with Crippen molar-refractivity contribution < 1.29 is 4.79 Å². The summed E-state index contributed by atoms with van der Waals surface area (Å²) in [5.41, 5.74) is 0. The number of nitrogens with one attached hydrogen (secondary N) is 1. The van der Waals surface area contributed by atoms with Crippen molar-refractivity contribution in [2.24, 2.45) is 29.6 Å². The van der Waals surface area contributed by atoms with Gasteiger partial charge in [-0.15, -0.1) is 0 Å². The Bertz CT molecular complexity index is 364. The van der Waals surface area contributed by atoms with Gasteiger partial charge in [0.25, 0.3) is 0 Å². The molecule has 3 heteroatoms. The fourth-order valence-corrected chi connectivity index (χ4v) is 5.62. The van der Waals surface area contributed by atoms with Crippen molar-refractivity contribution in [3.8, 4) is 0 Å². The highest BCUT2D eigenvalue weighted by Crippen LogP contribution is 2.55. The topological polar surface area (TPSA) is 32.3 Å². The lowest BCUT2D eigenvalue weighted by Crippen LogP contribution is -2.56. The molecule has 0 unspecified atom stereocenters. The highest BCUT2D eigenvalue weighted by atomic mass is 16.2. The van der Waals surface area contributed by atoms with Gasteiger partial charge in [-0.05, 0) is 61.7 Å². The summed E-state index contributed by atoms with van der Waals surface area (Å²) in [7, 11) is 0. The first-order chi connectivity index (χ1) is 9.11. The van der Waals surface area contributed by atoms with Gasteiger partial charge >= 0.3 is 6.03 Å². The number of hydrogen-bond acceptors (Lipinski definition) is 1. The lowest BCUT2D eigenvalue weighted by atomic mass is 9.54. The van der Waals surface area contributed by atoms with Crippen LogP contribution in [0.25, 0.3) is 0 Å². The van der Waals surface area contributed by atoms with Crippen molar-refractivity contribution in [3.05, 3.63) is 0 Å². The van der Waals surface area contributed by atoms with Crippen molar-refractivity contribution >= 4 is 6.03 Å². The van der Waals surface area contributed by atoms with Gasteiger partial charge in [-0.25, -0.2) is 4.79 Å². The second kappa shape index (κ2) is 4.13. The van der Waals surface area contributed by atoms with E-state index in [4.69, 9.17) is 0 Å². The number of hydrogen-bond donors (Lipinski definition) is 1. The van der Waals surface area contributed by atoms with Crippen LogP contribution in [-0.2, 0) is 0 Å². The third-order valence-electron chi connectivity index (χ3n) is 6.30. The normalized spacial score (nSPS) is 48.2. The zero-order valence-electron chi connectivity index (χ0n) is 12.1. The summed E-state index contributed by atoms with van der Waals surface area (Å²) in [6.45, 7) is 5.38. The van der Waals surface area contributed by atoms with Crippen molar-refractivity contribution in [3.63, 3.8) is 0 Å². The van der Waals surface area contributed by atoms with Gasteiger partial charge in [0.2, 0.25) is 0 Å². The molecule has 4 bridgehead atoms. The molecule has 1 saturated heterocycles. The minimum Gasteiger partial charge on any atom is -0.333 e. The largest absolute Gasteiger partial charge is 0.333 e. The number of carbonyl (C=O) groups excluding carboxylic acids is 1. The van der Waals surface area contributed by atoms with Crippen LogP contribution in [0, 0.1) is 29.6 Å². The molecule has 1 heterocycles. The molecule has 5 aliphatic rings. The lowest BCUT2D eigenvalue weighted by Gasteiger charge is -2.56. The molecule has 0 aromatic carbocycles. The highest BCUT2D eigenvalue weighted by molar-refractivity contribution is 5.77. The maximum absolute atomic E-state index is 12.3. The molecule has 2 amide bonds. The van der Waals surface area contributed by atoms with Crippen LogP contribution in [0.1, 0.15) is 46.0 Å². The predicted octanol–water partition coefficient (Wildman–Crippen LogP) is 2.86. The first-order valence-corrected chi connectivity index (χ1v) is 8.19.